The Morgan fingerprint density at radius 2 is 2.20 bits per heavy atom. The quantitative estimate of drug-likeness (QED) is 0.508. The minimum absolute atomic E-state index is 0.0707. The fraction of sp³-hybridized carbons (Fsp3) is 0.714. The highest BCUT2D eigenvalue weighted by Gasteiger charge is 2.43. The Hall–Kier alpha value is -0.720. The Labute approximate surface area is 93.9 Å². The van der Waals surface area contributed by atoms with Gasteiger partial charge in [0.25, 0.3) is 0 Å². The molecule has 15 heavy (non-hydrogen) atoms. The van der Waals surface area contributed by atoms with Gasteiger partial charge in [-0.25, -0.2) is 0 Å². The number of carbonyl (C=O) groups is 1. The zero-order valence-corrected chi connectivity index (χ0v) is 10.5. The van der Waals surface area contributed by atoms with E-state index in [-0.39, 0.29) is 11.3 Å². The summed E-state index contributed by atoms with van der Waals surface area (Å²) in [5, 5.41) is 0. The maximum Gasteiger partial charge on any atom is 0.141 e. The summed E-state index contributed by atoms with van der Waals surface area (Å²) < 4.78 is 0. The number of ketones is 1. The average Bonchev–Trinajstić information content (AvgIpc) is 1.99. The van der Waals surface area contributed by atoms with E-state index in [0.717, 1.165) is 18.4 Å². The first-order valence-electron chi connectivity index (χ1n) is 5.86. The lowest BCUT2D eigenvalue weighted by atomic mass is 9.64. The van der Waals surface area contributed by atoms with Crippen LogP contribution in [0.15, 0.2) is 12.2 Å². The molecule has 0 aromatic carbocycles. The lowest BCUT2D eigenvalue weighted by Gasteiger charge is -2.35. The molecule has 84 valence electrons. The summed E-state index contributed by atoms with van der Waals surface area (Å²) in [7, 11) is 0. The molecule has 0 aromatic rings. The summed E-state index contributed by atoms with van der Waals surface area (Å²) in [5.74, 6) is 0.907. The molecule has 1 aliphatic carbocycles. The molecule has 1 fully saturated rings. The van der Waals surface area contributed by atoms with Crippen molar-refractivity contribution in [1.82, 2.24) is 0 Å². The van der Waals surface area contributed by atoms with Crippen LogP contribution in [0.4, 0.5) is 0 Å². The monoisotopic (exact) mass is 207 g/mol. The van der Waals surface area contributed by atoms with Gasteiger partial charge >= 0.3 is 0 Å². The van der Waals surface area contributed by atoms with Gasteiger partial charge in [0.1, 0.15) is 12.2 Å². The van der Waals surface area contributed by atoms with Crippen molar-refractivity contribution in [2.24, 2.45) is 17.3 Å². The number of rotatable bonds is 3. The minimum atomic E-state index is 0.0707. The van der Waals surface area contributed by atoms with Crippen molar-refractivity contribution in [2.45, 2.75) is 47.0 Å². The smallest absolute Gasteiger partial charge is 0.141 e. The van der Waals surface area contributed by atoms with Crippen molar-refractivity contribution < 1.29 is 4.79 Å². The number of carbonyl (C=O) groups excluding carboxylic acids is 1. The van der Waals surface area contributed by atoms with Crippen molar-refractivity contribution in [3.8, 4) is 0 Å². The molecule has 0 spiro atoms. The van der Waals surface area contributed by atoms with E-state index in [1.54, 1.807) is 0 Å². The van der Waals surface area contributed by atoms with Crippen LogP contribution < -0.4 is 0 Å². The van der Waals surface area contributed by atoms with E-state index in [4.69, 9.17) is 0 Å². The number of hydrogen-bond acceptors (Lipinski definition) is 1. The van der Waals surface area contributed by atoms with Crippen molar-refractivity contribution >= 4 is 5.78 Å². The van der Waals surface area contributed by atoms with E-state index in [1.807, 2.05) is 0 Å². The van der Waals surface area contributed by atoms with E-state index in [0.29, 0.717) is 18.1 Å². The van der Waals surface area contributed by atoms with Crippen molar-refractivity contribution in [1.29, 1.82) is 0 Å². The highest BCUT2D eigenvalue weighted by atomic mass is 16.1. The SMILES string of the molecule is C=C1C[CH+]CC(C)(C)C1C(=O)CC(C)C. The van der Waals surface area contributed by atoms with E-state index in [2.05, 4.69) is 40.7 Å². The minimum Gasteiger partial charge on any atom is -0.299 e. The first-order chi connectivity index (χ1) is 6.84. The second kappa shape index (κ2) is 4.42. The van der Waals surface area contributed by atoms with Crippen LogP contribution in [-0.2, 0) is 4.79 Å². The molecular weight excluding hydrogens is 184 g/mol. The third-order valence-electron chi connectivity index (χ3n) is 3.20. The molecule has 1 heteroatoms. The summed E-state index contributed by atoms with van der Waals surface area (Å²) in [5.41, 5.74) is 1.18. The molecule has 0 N–H and O–H groups in total. The predicted octanol–water partition coefficient (Wildman–Crippen LogP) is 3.80. The second-order valence-corrected chi connectivity index (χ2v) is 5.84. The summed E-state index contributed by atoms with van der Waals surface area (Å²) in [6, 6.07) is 0. The molecule has 1 unspecified atom stereocenters. The summed E-state index contributed by atoms with van der Waals surface area (Å²) in [4.78, 5) is 12.2. The van der Waals surface area contributed by atoms with Crippen molar-refractivity contribution in [3.63, 3.8) is 0 Å². The van der Waals surface area contributed by atoms with Gasteiger partial charge < -0.3 is 0 Å². The average molecular weight is 207 g/mol. The Morgan fingerprint density at radius 3 is 2.67 bits per heavy atom. The zero-order valence-electron chi connectivity index (χ0n) is 10.5. The van der Waals surface area contributed by atoms with Gasteiger partial charge in [0, 0.05) is 11.8 Å². The van der Waals surface area contributed by atoms with Crippen LogP contribution in [0.2, 0.25) is 0 Å². The lowest BCUT2D eigenvalue weighted by molar-refractivity contribution is -0.126. The first kappa shape index (κ1) is 12.4. The number of allylic oxidation sites excluding steroid dienone is 1. The van der Waals surface area contributed by atoms with Gasteiger partial charge in [0.15, 0.2) is 0 Å². The molecule has 1 nitrogen and oxygen atoms in total. The highest BCUT2D eigenvalue weighted by molar-refractivity contribution is 5.84. The largest absolute Gasteiger partial charge is 0.299 e. The normalized spacial score (nSPS) is 25.1. The van der Waals surface area contributed by atoms with Gasteiger partial charge in [-0.1, -0.05) is 34.3 Å². The first-order valence-corrected chi connectivity index (χ1v) is 5.86. The molecule has 0 heterocycles. The van der Waals surface area contributed by atoms with Gasteiger partial charge in [-0.3, -0.25) is 4.79 Å². The van der Waals surface area contributed by atoms with E-state index in [1.165, 1.54) is 0 Å². The molecule has 0 bridgehead atoms. The molecular formula is C14H23O+. The van der Waals surface area contributed by atoms with Crippen LogP contribution in [-0.4, -0.2) is 5.78 Å². The van der Waals surface area contributed by atoms with Crippen LogP contribution >= 0.6 is 0 Å². The standard InChI is InChI=1S/C14H23O/c1-10(2)9-12(15)13-11(3)7-6-8-14(13,4)5/h6,10,13H,3,7-9H2,1-2,4-5H3/q+1. The second-order valence-electron chi connectivity index (χ2n) is 5.84. The van der Waals surface area contributed by atoms with Crippen LogP contribution in [0, 0.1) is 23.7 Å². The molecule has 1 aliphatic rings. The number of hydrogen-bond donors (Lipinski definition) is 0. The topological polar surface area (TPSA) is 17.1 Å². The van der Waals surface area contributed by atoms with Crippen LogP contribution in [0.1, 0.15) is 47.0 Å². The third-order valence-corrected chi connectivity index (χ3v) is 3.20. The van der Waals surface area contributed by atoms with Crippen LogP contribution in [0.5, 0.6) is 0 Å². The van der Waals surface area contributed by atoms with Gasteiger partial charge in [-0.15, -0.1) is 0 Å². The molecule has 0 amide bonds. The van der Waals surface area contributed by atoms with Gasteiger partial charge in [-0.05, 0) is 11.5 Å². The fourth-order valence-corrected chi connectivity index (χ4v) is 2.60. The summed E-state index contributed by atoms with van der Waals surface area (Å²) in [6.07, 6.45) is 4.88. The molecule has 0 saturated heterocycles. The van der Waals surface area contributed by atoms with Gasteiger partial charge in [0.2, 0.25) is 0 Å². The van der Waals surface area contributed by atoms with Crippen molar-refractivity contribution in [2.75, 3.05) is 0 Å². The molecule has 0 aliphatic heterocycles. The summed E-state index contributed by atoms with van der Waals surface area (Å²) >= 11 is 0. The van der Waals surface area contributed by atoms with Crippen LogP contribution in [0.3, 0.4) is 0 Å². The van der Waals surface area contributed by atoms with E-state index >= 15 is 0 Å². The fourth-order valence-electron chi connectivity index (χ4n) is 2.60. The number of Topliss-reactive ketones (excluding diaryl/α,β-unsaturated/α-hetero) is 1. The Morgan fingerprint density at radius 1 is 1.60 bits per heavy atom. The Balaban J connectivity index is 2.79. The van der Waals surface area contributed by atoms with Gasteiger partial charge in [-0.2, -0.15) is 0 Å². The maximum atomic E-state index is 12.2. The predicted molar refractivity (Wildman–Crippen MR) is 64.4 cm³/mol. The third kappa shape index (κ3) is 2.87. The lowest BCUT2D eigenvalue weighted by Crippen LogP contribution is -2.36. The van der Waals surface area contributed by atoms with Crippen LogP contribution in [0.25, 0.3) is 0 Å². The van der Waals surface area contributed by atoms with E-state index in [9.17, 15) is 4.79 Å². The van der Waals surface area contributed by atoms with E-state index < -0.39 is 0 Å². The Kier molecular flexibility index (Phi) is 3.64. The Bertz CT molecular complexity index is 261. The molecule has 0 radical (unpaired) electrons. The molecule has 1 saturated carbocycles. The molecule has 1 atom stereocenters. The summed E-state index contributed by atoms with van der Waals surface area (Å²) in [6.45, 7) is 12.6. The molecule has 0 aromatic heterocycles. The molecule has 1 rings (SSSR count). The van der Waals surface area contributed by atoms with Crippen molar-refractivity contribution in [3.05, 3.63) is 18.6 Å². The highest BCUT2D eigenvalue weighted by Crippen LogP contribution is 2.43. The maximum absolute atomic E-state index is 12.2. The zero-order chi connectivity index (χ0) is 11.6. The van der Waals surface area contributed by atoms with Gasteiger partial charge in [0.05, 0.1) is 18.8 Å².